The molecule has 3 aromatic rings. The van der Waals surface area contributed by atoms with Crippen LogP contribution in [0.5, 0.6) is 0 Å². The van der Waals surface area contributed by atoms with E-state index in [0.29, 0.717) is 43.8 Å². The van der Waals surface area contributed by atoms with Crippen molar-refractivity contribution in [3.05, 3.63) is 67.2 Å². The molecule has 3 aromatic heterocycles. The SMILES string of the molecule is CC(C)(C)N(C(=O)O)[C@@H](CCCCNC(=O)c1cccs1)C(=O)N(Cc1cccs1)Cc1cccs1. The maximum Gasteiger partial charge on any atom is 0.408 e. The Morgan fingerprint density at radius 3 is 1.97 bits per heavy atom. The number of amides is 3. The fourth-order valence-corrected chi connectivity index (χ4v) is 6.09. The van der Waals surface area contributed by atoms with Crippen LogP contribution in [-0.4, -0.2) is 50.9 Å². The Morgan fingerprint density at radius 2 is 1.50 bits per heavy atom. The number of rotatable bonds is 12. The van der Waals surface area contributed by atoms with Gasteiger partial charge in [0.05, 0.1) is 18.0 Å². The van der Waals surface area contributed by atoms with Crippen LogP contribution in [0.1, 0.15) is 59.5 Å². The maximum atomic E-state index is 14.0. The highest BCUT2D eigenvalue weighted by Gasteiger charge is 2.39. The van der Waals surface area contributed by atoms with Crippen LogP contribution in [0.25, 0.3) is 0 Å². The average molecular weight is 548 g/mol. The molecule has 0 aliphatic rings. The van der Waals surface area contributed by atoms with Gasteiger partial charge in [-0.3, -0.25) is 14.5 Å². The molecule has 0 aliphatic carbocycles. The van der Waals surface area contributed by atoms with E-state index in [9.17, 15) is 19.5 Å². The number of carbonyl (C=O) groups is 3. The van der Waals surface area contributed by atoms with Crippen LogP contribution in [0.15, 0.2) is 52.5 Å². The zero-order valence-electron chi connectivity index (χ0n) is 20.8. The molecule has 0 unspecified atom stereocenters. The van der Waals surface area contributed by atoms with E-state index in [1.165, 1.54) is 16.2 Å². The van der Waals surface area contributed by atoms with Gasteiger partial charge < -0.3 is 15.3 Å². The Balaban J connectivity index is 1.74. The summed E-state index contributed by atoms with van der Waals surface area (Å²) in [6, 6.07) is 10.7. The van der Waals surface area contributed by atoms with Crippen molar-refractivity contribution in [1.82, 2.24) is 15.1 Å². The molecule has 0 aromatic carbocycles. The molecule has 7 nitrogen and oxygen atoms in total. The lowest BCUT2D eigenvalue weighted by Gasteiger charge is -2.40. The molecule has 2 N–H and O–H groups in total. The molecule has 3 heterocycles. The molecule has 0 radical (unpaired) electrons. The van der Waals surface area contributed by atoms with Crippen molar-refractivity contribution in [1.29, 1.82) is 0 Å². The van der Waals surface area contributed by atoms with Gasteiger partial charge in [-0.05, 0) is 74.4 Å². The molecule has 3 rings (SSSR count). The summed E-state index contributed by atoms with van der Waals surface area (Å²) in [5, 5.41) is 18.8. The van der Waals surface area contributed by atoms with Crippen LogP contribution in [0, 0.1) is 0 Å². The lowest BCUT2D eigenvalue weighted by Crippen LogP contribution is -2.57. The molecular weight excluding hydrogens is 515 g/mol. The van der Waals surface area contributed by atoms with Gasteiger partial charge in [-0.25, -0.2) is 4.79 Å². The number of hydrogen-bond acceptors (Lipinski definition) is 6. The van der Waals surface area contributed by atoms with E-state index in [-0.39, 0.29) is 11.8 Å². The molecule has 36 heavy (non-hydrogen) atoms. The average Bonchev–Trinajstić information content (AvgIpc) is 3.59. The van der Waals surface area contributed by atoms with Crippen molar-refractivity contribution in [2.75, 3.05) is 6.54 Å². The zero-order chi connectivity index (χ0) is 26.1. The van der Waals surface area contributed by atoms with Crippen LogP contribution in [0.3, 0.4) is 0 Å². The third kappa shape index (κ3) is 7.91. The van der Waals surface area contributed by atoms with E-state index in [1.807, 2.05) is 67.2 Å². The van der Waals surface area contributed by atoms with Gasteiger partial charge in [0.15, 0.2) is 0 Å². The Bertz CT molecular complexity index is 1050. The molecule has 0 spiro atoms. The van der Waals surface area contributed by atoms with Gasteiger partial charge in [0.2, 0.25) is 5.91 Å². The molecule has 3 amide bonds. The summed E-state index contributed by atoms with van der Waals surface area (Å²) in [4.78, 5) is 44.3. The number of carboxylic acid groups (broad SMARTS) is 1. The fraction of sp³-hybridized carbons (Fsp3) is 0.423. The normalized spacial score (nSPS) is 12.2. The maximum absolute atomic E-state index is 14.0. The highest BCUT2D eigenvalue weighted by molar-refractivity contribution is 7.12. The van der Waals surface area contributed by atoms with Crippen LogP contribution in [0.4, 0.5) is 4.79 Å². The number of thiophene rings is 3. The van der Waals surface area contributed by atoms with E-state index in [4.69, 9.17) is 0 Å². The van der Waals surface area contributed by atoms with Gasteiger partial charge in [0.25, 0.3) is 5.91 Å². The summed E-state index contributed by atoms with van der Waals surface area (Å²) in [7, 11) is 0. The molecule has 10 heteroatoms. The second-order valence-corrected chi connectivity index (χ2v) is 12.4. The first-order chi connectivity index (χ1) is 17.2. The first kappa shape index (κ1) is 27.9. The summed E-state index contributed by atoms with van der Waals surface area (Å²) in [6.45, 7) is 6.76. The van der Waals surface area contributed by atoms with E-state index < -0.39 is 17.7 Å². The van der Waals surface area contributed by atoms with Crippen molar-refractivity contribution in [2.45, 2.75) is 64.7 Å². The highest BCUT2D eigenvalue weighted by atomic mass is 32.1. The first-order valence-corrected chi connectivity index (χ1v) is 14.5. The topological polar surface area (TPSA) is 90.0 Å². The molecule has 0 fully saturated rings. The van der Waals surface area contributed by atoms with Gasteiger partial charge in [0.1, 0.15) is 6.04 Å². The predicted molar refractivity (Wildman–Crippen MR) is 147 cm³/mol. The van der Waals surface area contributed by atoms with Crippen molar-refractivity contribution in [3.8, 4) is 0 Å². The largest absolute Gasteiger partial charge is 0.465 e. The number of nitrogens with zero attached hydrogens (tertiary/aromatic N) is 2. The van der Waals surface area contributed by atoms with Crippen LogP contribution < -0.4 is 5.32 Å². The van der Waals surface area contributed by atoms with Crippen LogP contribution in [0.2, 0.25) is 0 Å². The summed E-state index contributed by atoms with van der Waals surface area (Å²) >= 11 is 4.55. The Kier molecular flexibility index (Phi) is 10.1. The minimum atomic E-state index is -1.11. The monoisotopic (exact) mass is 547 g/mol. The van der Waals surface area contributed by atoms with E-state index in [2.05, 4.69) is 5.32 Å². The summed E-state index contributed by atoms with van der Waals surface area (Å²) in [5.41, 5.74) is -0.753. The predicted octanol–water partition coefficient (Wildman–Crippen LogP) is 6.15. The highest BCUT2D eigenvalue weighted by Crippen LogP contribution is 2.25. The van der Waals surface area contributed by atoms with Gasteiger partial charge in [-0.2, -0.15) is 0 Å². The van der Waals surface area contributed by atoms with E-state index in [1.54, 1.807) is 33.6 Å². The van der Waals surface area contributed by atoms with Crippen LogP contribution >= 0.6 is 34.0 Å². The second-order valence-electron chi connectivity index (χ2n) is 9.42. The number of unbranched alkanes of at least 4 members (excludes halogenated alkanes) is 1. The number of carbonyl (C=O) groups excluding carboxylic acids is 2. The van der Waals surface area contributed by atoms with Gasteiger partial charge in [0, 0.05) is 21.8 Å². The van der Waals surface area contributed by atoms with E-state index >= 15 is 0 Å². The second kappa shape index (κ2) is 13.0. The molecule has 194 valence electrons. The standard InChI is InChI=1S/C26H33N3O4S3/c1-26(2,3)29(25(32)33)21(11-4-5-13-27-23(30)22-12-8-16-36-22)24(31)28(17-19-9-6-14-34-19)18-20-10-7-15-35-20/h6-10,12,14-16,21H,4-5,11,13,17-18H2,1-3H3,(H,27,30)(H,32,33)/t21-/m0/s1. The third-order valence-corrected chi connectivity index (χ3v) is 8.22. The number of hydrogen-bond donors (Lipinski definition) is 2. The molecule has 0 aliphatic heterocycles. The zero-order valence-corrected chi connectivity index (χ0v) is 23.3. The van der Waals surface area contributed by atoms with Gasteiger partial charge >= 0.3 is 6.09 Å². The minimum Gasteiger partial charge on any atom is -0.465 e. The molecular formula is C26H33N3O4S3. The fourth-order valence-electron chi connectivity index (χ4n) is 4.01. The smallest absolute Gasteiger partial charge is 0.408 e. The molecule has 1 atom stereocenters. The van der Waals surface area contributed by atoms with Gasteiger partial charge in [-0.1, -0.05) is 18.2 Å². The summed E-state index contributed by atoms with van der Waals surface area (Å²) in [6.07, 6.45) is 0.517. The van der Waals surface area contributed by atoms with E-state index in [0.717, 1.165) is 9.75 Å². The minimum absolute atomic E-state index is 0.113. The molecule has 0 bridgehead atoms. The molecule has 0 saturated heterocycles. The third-order valence-electron chi connectivity index (χ3n) is 5.63. The molecule has 0 saturated carbocycles. The van der Waals surface area contributed by atoms with Gasteiger partial charge in [-0.15, -0.1) is 34.0 Å². The Labute approximate surface area is 224 Å². The van der Waals surface area contributed by atoms with Crippen LogP contribution in [-0.2, 0) is 17.9 Å². The number of nitrogens with one attached hydrogen (secondary N) is 1. The quantitative estimate of drug-likeness (QED) is 0.266. The van der Waals surface area contributed by atoms with Crippen molar-refractivity contribution >= 4 is 51.9 Å². The first-order valence-electron chi connectivity index (χ1n) is 11.8. The Hall–Kier alpha value is -2.69. The van der Waals surface area contributed by atoms with Crippen molar-refractivity contribution < 1.29 is 19.5 Å². The summed E-state index contributed by atoms with van der Waals surface area (Å²) in [5.74, 6) is -0.311. The Morgan fingerprint density at radius 1 is 0.917 bits per heavy atom. The van der Waals surface area contributed by atoms with Crippen molar-refractivity contribution in [3.63, 3.8) is 0 Å². The lowest BCUT2D eigenvalue weighted by molar-refractivity contribution is -0.139. The summed E-state index contributed by atoms with van der Waals surface area (Å²) < 4.78 is 0. The lowest BCUT2D eigenvalue weighted by atomic mass is 9.98. The van der Waals surface area contributed by atoms with Crippen molar-refractivity contribution in [2.24, 2.45) is 0 Å².